The average Bonchev–Trinajstić information content (AvgIpc) is 3.27. The third-order valence-electron chi connectivity index (χ3n) is 4.94. The number of aryl methyl sites for hydroxylation is 1. The van der Waals surface area contributed by atoms with E-state index in [1.807, 2.05) is 25.1 Å². The maximum Gasteiger partial charge on any atom is 0.267 e. The molecule has 0 aliphatic rings. The summed E-state index contributed by atoms with van der Waals surface area (Å²) < 4.78 is 6.38. The molecule has 0 fully saturated rings. The maximum absolute atomic E-state index is 12.5. The SMILES string of the molecule is COc1ccccc1NC(=O)c1ccc(NC(=O)Cn2nc(-c3ccc(C)s3)ccc2=O)cc1. The van der Waals surface area contributed by atoms with Gasteiger partial charge in [0, 0.05) is 22.2 Å². The Kier molecular flexibility index (Phi) is 6.84. The molecule has 9 heteroatoms. The van der Waals surface area contributed by atoms with Crippen LogP contribution in [0, 0.1) is 6.92 Å². The van der Waals surface area contributed by atoms with Crippen molar-refractivity contribution in [3.05, 3.63) is 93.6 Å². The molecule has 0 spiro atoms. The number of carbonyl (C=O) groups is 2. The second-order valence-corrected chi connectivity index (χ2v) is 8.69. The van der Waals surface area contributed by atoms with Gasteiger partial charge >= 0.3 is 0 Å². The topological polar surface area (TPSA) is 102 Å². The number of amides is 2. The minimum absolute atomic E-state index is 0.229. The molecule has 0 radical (unpaired) electrons. The van der Waals surface area contributed by atoms with Crippen LogP contribution < -0.4 is 20.9 Å². The summed E-state index contributed by atoms with van der Waals surface area (Å²) in [4.78, 5) is 39.3. The summed E-state index contributed by atoms with van der Waals surface area (Å²) in [5, 5.41) is 9.85. The molecule has 0 saturated carbocycles. The fourth-order valence-electron chi connectivity index (χ4n) is 3.25. The number of hydrogen-bond acceptors (Lipinski definition) is 6. The fourth-order valence-corrected chi connectivity index (χ4v) is 4.08. The van der Waals surface area contributed by atoms with Gasteiger partial charge in [-0.2, -0.15) is 5.10 Å². The van der Waals surface area contributed by atoms with Crippen LogP contribution in [0.5, 0.6) is 5.75 Å². The fraction of sp³-hybridized carbons (Fsp3) is 0.120. The number of nitrogens with one attached hydrogen (secondary N) is 2. The Morgan fingerprint density at radius 1 is 0.971 bits per heavy atom. The van der Waals surface area contributed by atoms with E-state index in [9.17, 15) is 14.4 Å². The Morgan fingerprint density at radius 2 is 1.74 bits per heavy atom. The molecule has 172 valence electrons. The number of carbonyl (C=O) groups excluding carboxylic acids is 2. The summed E-state index contributed by atoms with van der Waals surface area (Å²) in [5.74, 6) is -0.152. The first-order chi connectivity index (χ1) is 16.4. The van der Waals surface area contributed by atoms with Crippen LogP contribution in [0.25, 0.3) is 10.6 Å². The summed E-state index contributed by atoms with van der Waals surface area (Å²) in [7, 11) is 1.53. The average molecular weight is 475 g/mol. The molecule has 4 rings (SSSR count). The lowest BCUT2D eigenvalue weighted by Crippen LogP contribution is -2.29. The van der Waals surface area contributed by atoms with Gasteiger partial charge in [-0.05, 0) is 61.5 Å². The number of anilines is 2. The van der Waals surface area contributed by atoms with Crippen molar-refractivity contribution >= 4 is 34.5 Å². The van der Waals surface area contributed by atoms with E-state index in [1.165, 1.54) is 13.2 Å². The Hall–Kier alpha value is -4.24. The third kappa shape index (κ3) is 5.38. The standard InChI is InChI=1S/C25H22N4O4S/c1-16-7-13-22(34-16)20-12-14-24(31)29(28-20)15-23(30)26-18-10-8-17(9-11-18)25(32)27-19-5-3-4-6-21(19)33-2/h3-14H,15H2,1-2H3,(H,26,30)(H,27,32). The van der Waals surface area contributed by atoms with E-state index < -0.39 is 5.91 Å². The second kappa shape index (κ2) is 10.1. The lowest BCUT2D eigenvalue weighted by molar-refractivity contribution is -0.117. The number of nitrogens with zero attached hydrogens (tertiary/aromatic N) is 2. The molecule has 2 aromatic carbocycles. The number of thiophene rings is 1. The highest BCUT2D eigenvalue weighted by Crippen LogP contribution is 2.25. The summed E-state index contributed by atoms with van der Waals surface area (Å²) >= 11 is 1.56. The quantitative estimate of drug-likeness (QED) is 0.418. The Bertz CT molecular complexity index is 1390. The summed E-state index contributed by atoms with van der Waals surface area (Å²) in [6.45, 7) is 1.76. The number of methoxy groups -OCH3 is 1. The van der Waals surface area contributed by atoms with Crippen molar-refractivity contribution in [1.82, 2.24) is 9.78 Å². The van der Waals surface area contributed by atoms with Gasteiger partial charge in [0.25, 0.3) is 11.5 Å². The molecule has 0 aliphatic heterocycles. The number of rotatable bonds is 7. The van der Waals surface area contributed by atoms with Crippen molar-refractivity contribution < 1.29 is 14.3 Å². The zero-order valence-corrected chi connectivity index (χ0v) is 19.4. The Morgan fingerprint density at radius 3 is 2.44 bits per heavy atom. The van der Waals surface area contributed by atoms with Gasteiger partial charge in [-0.15, -0.1) is 11.3 Å². The highest BCUT2D eigenvalue weighted by Gasteiger charge is 2.12. The zero-order chi connectivity index (χ0) is 24.1. The highest BCUT2D eigenvalue weighted by molar-refractivity contribution is 7.15. The van der Waals surface area contributed by atoms with Gasteiger partial charge in [0.05, 0.1) is 17.7 Å². The first-order valence-corrected chi connectivity index (χ1v) is 11.2. The van der Waals surface area contributed by atoms with E-state index in [0.717, 1.165) is 14.4 Å². The number of ether oxygens (including phenoxy) is 1. The highest BCUT2D eigenvalue weighted by atomic mass is 32.1. The Balaban J connectivity index is 1.40. The van der Waals surface area contributed by atoms with Crippen molar-refractivity contribution in [3.8, 4) is 16.3 Å². The van der Waals surface area contributed by atoms with Crippen LogP contribution in [0.4, 0.5) is 11.4 Å². The van der Waals surface area contributed by atoms with Gasteiger partial charge in [0.2, 0.25) is 5.91 Å². The van der Waals surface area contributed by atoms with Gasteiger partial charge in [0.1, 0.15) is 18.0 Å². The molecule has 0 atom stereocenters. The summed E-state index contributed by atoms with van der Waals surface area (Å²) in [5.41, 5.74) is 1.74. The smallest absolute Gasteiger partial charge is 0.267 e. The Labute approximate surface area is 199 Å². The summed E-state index contributed by atoms with van der Waals surface area (Å²) in [6.07, 6.45) is 0. The lowest BCUT2D eigenvalue weighted by atomic mass is 10.2. The molecule has 2 heterocycles. The van der Waals surface area contributed by atoms with Crippen LogP contribution in [0.2, 0.25) is 0 Å². The van der Waals surface area contributed by atoms with Gasteiger partial charge in [-0.3, -0.25) is 14.4 Å². The maximum atomic E-state index is 12.5. The van der Waals surface area contributed by atoms with Crippen molar-refractivity contribution in [1.29, 1.82) is 0 Å². The van der Waals surface area contributed by atoms with Gasteiger partial charge in [-0.25, -0.2) is 4.68 Å². The molecule has 2 aromatic heterocycles. The molecule has 0 saturated heterocycles. The van der Waals surface area contributed by atoms with Crippen molar-refractivity contribution in [2.75, 3.05) is 17.7 Å². The minimum atomic E-state index is -0.402. The first kappa shape index (κ1) is 22.9. The van der Waals surface area contributed by atoms with Crippen molar-refractivity contribution in [2.24, 2.45) is 0 Å². The van der Waals surface area contributed by atoms with E-state index in [2.05, 4.69) is 15.7 Å². The molecule has 4 aromatic rings. The van der Waals surface area contributed by atoms with Crippen LogP contribution in [0.1, 0.15) is 15.2 Å². The predicted octanol–water partition coefficient (Wildman–Crippen LogP) is 4.18. The predicted molar refractivity (Wildman–Crippen MR) is 133 cm³/mol. The van der Waals surface area contributed by atoms with E-state index >= 15 is 0 Å². The lowest BCUT2D eigenvalue weighted by Gasteiger charge is -2.11. The van der Waals surface area contributed by atoms with E-state index in [0.29, 0.717) is 28.4 Å². The van der Waals surface area contributed by atoms with Crippen LogP contribution in [-0.2, 0) is 11.3 Å². The van der Waals surface area contributed by atoms with Gasteiger partial charge in [0.15, 0.2) is 0 Å². The monoisotopic (exact) mass is 474 g/mol. The third-order valence-corrected chi connectivity index (χ3v) is 5.96. The molecular weight excluding hydrogens is 452 g/mol. The molecular formula is C25H22N4O4S. The normalized spacial score (nSPS) is 10.5. The minimum Gasteiger partial charge on any atom is -0.495 e. The molecule has 0 aliphatic carbocycles. The second-order valence-electron chi connectivity index (χ2n) is 7.40. The number of para-hydroxylation sites is 2. The van der Waals surface area contributed by atoms with E-state index in [-0.39, 0.29) is 18.0 Å². The largest absolute Gasteiger partial charge is 0.495 e. The van der Waals surface area contributed by atoms with Crippen LogP contribution in [0.3, 0.4) is 0 Å². The van der Waals surface area contributed by atoms with Crippen LogP contribution in [0.15, 0.2) is 77.6 Å². The molecule has 34 heavy (non-hydrogen) atoms. The molecule has 2 N–H and O–H groups in total. The summed E-state index contributed by atoms with van der Waals surface area (Å²) in [6, 6.07) is 20.5. The molecule has 2 amide bonds. The van der Waals surface area contributed by atoms with Gasteiger partial charge < -0.3 is 15.4 Å². The van der Waals surface area contributed by atoms with Gasteiger partial charge in [-0.1, -0.05) is 12.1 Å². The van der Waals surface area contributed by atoms with Crippen LogP contribution >= 0.6 is 11.3 Å². The first-order valence-electron chi connectivity index (χ1n) is 10.4. The molecule has 8 nitrogen and oxygen atoms in total. The van der Waals surface area contributed by atoms with Crippen molar-refractivity contribution in [3.63, 3.8) is 0 Å². The van der Waals surface area contributed by atoms with E-state index in [4.69, 9.17) is 4.74 Å². The number of aromatic nitrogens is 2. The van der Waals surface area contributed by atoms with Crippen molar-refractivity contribution in [2.45, 2.75) is 13.5 Å². The number of benzene rings is 2. The molecule has 0 bridgehead atoms. The number of hydrogen-bond donors (Lipinski definition) is 2. The van der Waals surface area contributed by atoms with E-state index in [1.54, 1.807) is 59.9 Å². The zero-order valence-electron chi connectivity index (χ0n) is 18.6. The van der Waals surface area contributed by atoms with Crippen LogP contribution in [-0.4, -0.2) is 28.7 Å². The molecule has 0 unspecified atom stereocenters.